The Labute approximate surface area is 112 Å². The van der Waals surface area contributed by atoms with E-state index >= 15 is 0 Å². The minimum Gasteiger partial charge on any atom is -0.478 e. The third kappa shape index (κ3) is 2.23. The molecule has 0 atom stereocenters. The molecule has 1 aliphatic carbocycles. The van der Waals surface area contributed by atoms with E-state index in [0.29, 0.717) is 5.56 Å². The van der Waals surface area contributed by atoms with Crippen molar-refractivity contribution in [2.24, 2.45) is 5.92 Å². The van der Waals surface area contributed by atoms with Crippen LogP contribution in [0.3, 0.4) is 0 Å². The second-order valence-electron chi connectivity index (χ2n) is 5.40. The van der Waals surface area contributed by atoms with Crippen molar-refractivity contribution in [2.45, 2.75) is 39.2 Å². The number of hydrogen-bond acceptors (Lipinski definition) is 2. The van der Waals surface area contributed by atoms with E-state index in [0.717, 1.165) is 29.3 Å². The molecule has 1 saturated carbocycles. The van der Waals surface area contributed by atoms with Crippen LogP contribution in [0.5, 0.6) is 0 Å². The average molecular weight is 258 g/mol. The number of aromatic nitrogens is 2. The van der Waals surface area contributed by atoms with Gasteiger partial charge in [-0.1, -0.05) is 19.3 Å². The Kier molecular flexibility index (Phi) is 3.01. The maximum Gasteiger partial charge on any atom is 0.335 e. The molecule has 2 aromatic rings. The normalized spacial score (nSPS) is 15.6. The summed E-state index contributed by atoms with van der Waals surface area (Å²) in [6, 6.07) is 5.19. The van der Waals surface area contributed by atoms with Gasteiger partial charge in [0.25, 0.3) is 0 Å². The van der Waals surface area contributed by atoms with Gasteiger partial charge in [-0.25, -0.2) is 9.78 Å². The standard InChI is InChI=1S/C15H18N2O2/c1-10-16-13-9-12(15(18)19)5-6-14(13)17(10)8-7-11-3-2-4-11/h5-6,9,11H,2-4,7-8H2,1H3,(H,18,19). The molecule has 0 unspecified atom stereocenters. The fraction of sp³-hybridized carbons (Fsp3) is 0.467. The van der Waals surface area contributed by atoms with Crippen LogP contribution >= 0.6 is 0 Å². The molecule has 1 aromatic carbocycles. The fourth-order valence-electron chi connectivity index (χ4n) is 2.76. The van der Waals surface area contributed by atoms with Gasteiger partial charge in [0.1, 0.15) is 5.82 Å². The number of aryl methyl sites for hydroxylation is 2. The van der Waals surface area contributed by atoms with Crippen molar-refractivity contribution in [3.05, 3.63) is 29.6 Å². The molecule has 100 valence electrons. The van der Waals surface area contributed by atoms with E-state index in [2.05, 4.69) is 9.55 Å². The monoisotopic (exact) mass is 258 g/mol. The topological polar surface area (TPSA) is 55.1 Å². The summed E-state index contributed by atoms with van der Waals surface area (Å²) >= 11 is 0. The molecule has 0 saturated heterocycles. The molecular formula is C15H18N2O2. The first-order chi connectivity index (χ1) is 9.15. The van der Waals surface area contributed by atoms with Gasteiger partial charge in [-0.3, -0.25) is 0 Å². The van der Waals surface area contributed by atoms with Gasteiger partial charge in [-0.15, -0.1) is 0 Å². The summed E-state index contributed by atoms with van der Waals surface area (Å²) in [5, 5.41) is 9.00. The second kappa shape index (κ2) is 4.68. The second-order valence-corrected chi connectivity index (χ2v) is 5.40. The highest BCUT2D eigenvalue weighted by molar-refractivity contribution is 5.92. The molecular weight excluding hydrogens is 240 g/mol. The molecule has 19 heavy (non-hydrogen) atoms. The minimum absolute atomic E-state index is 0.302. The van der Waals surface area contributed by atoms with E-state index in [1.165, 1.54) is 25.7 Å². The number of fused-ring (bicyclic) bond motifs is 1. The van der Waals surface area contributed by atoms with Crippen molar-refractivity contribution in [3.8, 4) is 0 Å². The maximum absolute atomic E-state index is 11.0. The minimum atomic E-state index is -0.899. The molecule has 0 aliphatic heterocycles. The van der Waals surface area contributed by atoms with Crippen molar-refractivity contribution in [3.63, 3.8) is 0 Å². The molecule has 0 bridgehead atoms. The lowest BCUT2D eigenvalue weighted by molar-refractivity contribution is 0.0697. The van der Waals surface area contributed by atoms with Crippen LogP contribution in [-0.2, 0) is 6.54 Å². The van der Waals surface area contributed by atoms with Gasteiger partial charge in [0.15, 0.2) is 0 Å². The van der Waals surface area contributed by atoms with Gasteiger partial charge in [0, 0.05) is 6.54 Å². The third-order valence-corrected chi connectivity index (χ3v) is 4.17. The Morgan fingerprint density at radius 1 is 1.47 bits per heavy atom. The lowest BCUT2D eigenvalue weighted by Gasteiger charge is -2.25. The number of benzene rings is 1. The molecule has 1 fully saturated rings. The number of carbonyl (C=O) groups is 1. The zero-order valence-electron chi connectivity index (χ0n) is 11.1. The maximum atomic E-state index is 11.0. The van der Waals surface area contributed by atoms with E-state index in [1.807, 2.05) is 13.0 Å². The summed E-state index contributed by atoms with van der Waals surface area (Å²) in [6.45, 7) is 2.97. The summed E-state index contributed by atoms with van der Waals surface area (Å²) in [7, 11) is 0. The van der Waals surface area contributed by atoms with Crippen molar-refractivity contribution < 1.29 is 9.90 Å². The largest absolute Gasteiger partial charge is 0.478 e. The molecule has 0 amide bonds. The van der Waals surface area contributed by atoms with Crippen molar-refractivity contribution in [1.82, 2.24) is 9.55 Å². The smallest absolute Gasteiger partial charge is 0.335 e. The molecule has 4 heteroatoms. The quantitative estimate of drug-likeness (QED) is 0.916. The highest BCUT2D eigenvalue weighted by Crippen LogP contribution is 2.30. The molecule has 4 nitrogen and oxygen atoms in total. The number of carboxylic acid groups (broad SMARTS) is 1. The van der Waals surface area contributed by atoms with E-state index in [9.17, 15) is 4.79 Å². The van der Waals surface area contributed by atoms with E-state index < -0.39 is 5.97 Å². The first-order valence-electron chi connectivity index (χ1n) is 6.85. The summed E-state index contributed by atoms with van der Waals surface area (Å²) in [5.74, 6) is 0.940. The van der Waals surface area contributed by atoms with Gasteiger partial charge < -0.3 is 9.67 Å². The predicted octanol–water partition coefficient (Wildman–Crippen LogP) is 3.23. The Morgan fingerprint density at radius 2 is 2.26 bits per heavy atom. The lowest BCUT2D eigenvalue weighted by atomic mass is 9.83. The number of aromatic carboxylic acids is 1. The third-order valence-electron chi connectivity index (χ3n) is 4.17. The SMILES string of the molecule is Cc1nc2cc(C(=O)O)ccc2n1CCC1CCC1. The molecule has 1 N–H and O–H groups in total. The van der Waals surface area contributed by atoms with Gasteiger partial charge in [0.05, 0.1) is 16.6 Å². The van der Waals surface area contributed by atoms with Crippen LogP contribution in [0.1, 0.15) is 41.9 Å². The number of imidazole rings is 1. The Bertz CT molecular complexity index is 626. The molecule has 1 aliphatic rings. The Hall–Kier alpha value is -1.84. The van der Waals surface area contributed by atoms with Crippen LogP contribution in [0, 0.1) is 12.8 Å². The predicted molar refractivity (Wildman–Crippen MR) is 73.4 cm³/mol. The Morgan fingerprint density at radius 3 is 2.89 bits per heavy atom. The Balaban J connectivity index is 1.90. The average Bonchev–Trinajstić information content (AvgIpc) is 2.62. The first kappa shape index (κ1) is 12.2. The van der Waals surface area contributed by atoms with Crippen LogP contribution in [-0.4, -0.2) is 20.6 Å². The van der Waals surface area contributed by atoms with Crippen LogP contribution < -0.4 is 0 Å². The zero-order chi connectivity index (χ0) is 13.4. The summed E-state index contributed by atoms with van der Waals surface area (Å²) in [6.07, 6.45) is 5.28. The molecule has 0 radical (unpaired) electrons. The number of hydrogen-bond donors (Lipinski definition) is 1. The van der Waals surface area contributed by atoms with Crippen LogP contribution in [0.4, 0.5) is 0 Å². The lowest BCUT2D eigenvalue weighted by Crippen LogP contribution is -2.14. The van der Waals surface area contributed by atoms with Crippen LogP contribution in [0.25, 0.3) is 11.0 Å². The zero-order valence-corrected chi connectivity index (χ0v) is 11.1. The molecule has 3 rings (SSSR count). The number of carboxylic acids is 1. The van der Waals surface area contributed by atoms with Crippen LogP contribution in [0.2, 0.25) is 0 Å². The highest BCUT2D eigenvalue weighted by Gasteiger charge is 2.18. The van der Waals surface area contributed by atoms with E-state index in [1.54, 1.807) is 12.1 Å². The summed E-state index contributed by atoms with van der Waals surface area (Å²) in [4.78, 5) is 15.4. The van der Waals surface area contributed by atoms with Crippen molar-refractivity contribution in [2.75, 3.05) is 0 Å². The van der Waals surface area contributed by atoms with Gasteiger partial charge in [-0.2, -0.15) is 0 Å². The van der Waals surface area contributed by atoms with E-state index in [-0.39, 0.29) is 0 Å². The van der Waals surface area contributed by atoms with Gasteiger partial charge >= 0.3 is 5.97 Å². The first-order valence-corrected chi connectivity index (χ1v) is 6.85. The highest BCUT2D eigenvalue weighted by atomic mass is 16.4. The van der Waals surface area contributed by atoms with Gasteiger partial charge in [0.2, 0.25) is 0 Å². The number of rotatable bonds is 4. The molecule has 1 aromatic heterocycles. The number of nitrogens with zero attached hydrogens (tertiary/aromatic N) is 2. The van der Waals surface area contributed by atoms with Crippen molar-refractivity contribution in [1.29, 1.82) is 0 Å². The van der Waals surface area contributed by atoms with Crippen LogP contribution in [0.15, 0.2) is 18.2 Å². The van der Waals surface area contributed by atoms with E-state index in [4.69, 9.17) is 5.11 Å². The fourth-order valence-corrected chi connectivity index (χ4v) is 2.76. The van der Waals surface area contributed by atoms with Gasteiger partial charge in [-0.05, 0) is 37.5 Å². The summed E-state index contributed by atoms with van der Waals surface area (Å²) in [5.41, 5.74) is 2.13. The summed E-state index contributed by atoms with van der Waals surface area (Å²) < 4.78 is 2.21. The molecule has 0 spiro atoms. The van der Waals surface area contributed by atoms with Crippen molar-refractivity contribution >= 4 is 17.0 Å². The molecule has 1 heterocycles.